The Morgan fingerprint density at radius 1 is 0.346 bits per heavy atom. The number of carbonyl (C=O) groups excluding carboxylic acids is 2. The second-order valence-electron chi connectivity index (χ2n) is 23.9. The molecule has 0 N–H and O–H groups in total. The molecule has 4 nitrogen and oxygen atoms in total. The normalized spacial score (nSPS) is 14.7. The van der Waals surface area contributed by atoms with Crippen molar-refractivity contribution in [2.45, 2.75) is 309 Å². The van der Waals surface area contributed by atoms with Gasteiger partial charge in [-0.25, -0.2) is 0 Å². The first-order chi connectivity index (χ1) is 38.3. The van der Waals surface area contributed by atoms with Crippen molar-refractivity contribution in [3.63, 3.8) is 0 Å². The zero-order valence-corrected chi connectivity index (χ0v) is 54.6. The number of unbranched alkanes of at least 4 members (excludes halogenated alkanes) is 34. The summed E-state index contributed by atoms with van der Waals surface area (Å²) in [4.78, 5) is 39.1. The lowest BCUT2D eigenvalue weighted by molar-refractivity contribution is -0.125. The number of rotatable bonds is 46. The lowest BCUT2D eigenvalue weighted by Gasteiger charge is -2.34. The number of halogens is 2. The summed E-state index contributed by atoms with van der Waals surface area (Å²) in [6.07, 6.45) is 52.9. The van der Waals surface area contributed by atoms with Gasteiger partial charge in [-0.2, -0.15) is 0 Å². The molecule has 0 aliphatic carbocycles. The Morgan fingerprint density at radius 3 is 0.846 bits per heavy atom. The van der Waals surface area contributed by atoms with E-state index in [1.54, 1.807) is 22.7 Å². The summed E-state index contributed by atoms with van der Waals surface area (Å²) in [6, 6.07) is 17.8. The summed E-state index contributed by atoms with van der Waals surface area (Å²) in [5.41, 5.74) is 3.15. The smallest absolute Gasteiger partial charge is 0.261 e. The van der Waals surface area contributed by atoms with Crippen LogP contribution in [0.5, 0.6) is 0 Å². The molecule has 2 unspecified atom stereocenters. The maximum absolute atomic E-state index is 16.3. The molecular formula is C70H106Br2N2O2S2. The van der Waals surface area contributed by atoms with Crippen LogP contribution in [0.15, 0.2) is 68.6 Å². The minimum Gasteiger partial charge on any atom is -0.303 e. The van der Waals surface area contributed by atoms with Gasteiger partial charge in [-0.3, -0.25) is 9.59 Å². The first kappa shape index (κ1) is 64.9. The van der Waals surface area contributed by atoms with Gasteiger partial charge in [0.2, 0.25) is 0 Å². The standard InChI is InChI=1S/C70H106Br2N2O2S2/c1-5-9-13-17-21-25-27-29-33-37-41-45-59(43-39-35-31-23-19-15-11-7-3)73-67(63-53-55-51-57(71)47-49-61(55)77-63)65-66(69(73)75)68(64-54-56-52-58(72)48-50-62(56)78-64)74(70(65)76)60(44-40-36-32-24-20-16-12-8-4)46-42-38-34-30-28-26-22-18-14-10-6-2/h47-54,59-60H,5-46H2,1-4H3. The molecule has 4 aromatic rings. The van der Waals surface area contributed by atoms with Crippen LogP contribution >= 0.6 is 54.5 Å². The number of hydrogen-bond acceptors (Lipinski definition) is 4. The van der Waals surface area contributed by atoms with Crippen LogP contribution in [0.25, 0.3) is 31.6 Å². The van der Waals surface area contributed by atoms with Crippen LogP contribution < -0.4 is 0 Å². The van der Waals surface area contributed by atoms with Gasteiger partial charge in [0.1, 0.15) is 0 Å². The molecule has 0 radical (unpaired) electrons. The number of benzene rings is 2. The van der Waals surface area contributed by atoms with Crippen molar-refractivity contribution >= 4 is 97.9 Å². The summed E-state index contributed by atoms with van der Waals surface area (Å²) in [7, 11) is 0. The Bertz CT molecular complexity index is 2250. The molecule has 78 heavy (non-hydrogen) atoms. The van der Waals surface area contributed by atoms with Crippen LogP contribution in [-0.2, 0) is 9.59 Å². The Balaban J connectivity index is 1.35. The molecule has 2 aromatic heterocycles. The van der Waals surface area contributed by atoms with E-state index < -0.39 is 0 Å². The maximum atomic E-state index is 16.3. The molecule has 0 spiro atoms. The fraction of sp³-hybridized carbons (Fsp3) is 0.686. The van der Waals surface area contributed by atoms with Gasteiger partial charge in [0, 0.05) is 30.4 Å². The Hall–Kier alpha value is -2.26. The second kappa shape index (κ2) is 37.8. The summed E-state index contributed by atoms with van der Waals surface area (Å²) in [6.45, 7) is 9.20. The lowest BCUT2D eigenvalue weighted by Crippen LogP contribution is -2.39. The topological polar surface area (TPSA) is 40.6 Å². The fourth-order valence-electron chi connectivity index (χ4n) is 12.7. The summed E-state index contributed by atoms with van der Waals surface area (Å²) < 4.78 is 4.48. The van der Waals surface area contributed by atoms with Crippen molar-refractivity contribution < 1.29 is 9.59 Å². The number of fused-ring (bicyclic) bond motifs is 3. The van der Waals surface area contributed by atoms with E-state index >= 15 is 9.59 Å². The molecule has 4 heterocycles. The highest BCUT2D eigenvalue weighted by Crippen LogP contribution is 2.53. The Labute approximate surface area is 501 Å². The van der Waals surface area contributed by atoms with E-state index in [4.69, 9.17) is 0 Å². The molecule has 0 fully saturated rings. The number of carbonyl (C=O) groups is 2. The highest BCUT2D eigenvalue weighted by molar-refractivity contribution is 9.10. The molecule has 2 atom stereocenters. The third kappa shape index (κ3) is 20.6. The van der Waals surface area contributed by atoms with E-state index in [-0.39, 0.29) is 23.9 Å². The SMILES string of the molecule is CCCCCCCCCCCCCC(CCCCCCCCCC)N1C(=O)C2=C(c3cc4cc(Br)ccc4s3)N(C(CCCCCCCCCC)CCCCCCCCCCCCC)C(=O)C2=C1c1cc2cc(Br)ccc2s1. The molecule has 2 amide bonds. The van der Waals surface area contributed by atoms with E-state index in [1.165, 1.54) is 228 Å². The molecular weight excluding hydrogens is 1120 g/mol. The van der Waals surface area contributed by atoms with Crippen molar-refractivity contribution in [3.8, 4) is 0 Å². The minimum absolute atomic E-state index is 0.0408. The van der Waals surface area contributed by atoms with E-state index in [9.17, 15) is 0 Å². The van der Waals surface area contributed by atoms with Crippen molar-refractivity contribution in [1.29, 1.82) is 0 Å². The molecule has 8 heteroatoms. The highest BCUT2D eigenvalue weighted by Gasteiger charge is 2.52. The zero-order chi connectivity index (χ0) is 55.2. The van der Waals surface area contributed by atoms with Crippen molar-refractivity contribution in [1.82, 2.24) is 9.80 Å². The van der Waals surface area contributed by atoms with Crippen molar-refractivity contribution in [2.24, 2.45) is 0 Å². The van der Waals surface area contributed by atoms with Gasteiger partial charge in [-0.05, 0) is 85.0 Å². The molecule has 434 valence electrons. The van der Waals surface area contributed by atoms with E-state index in [0.29, 0.717) is 11.1 Å². The Morgan fingerprint density at radius 2 is 0.590 bits per heavy atom. The molecule has 0 saturated heterocycles. The first-order valence-electron chi connectivity index (χ1n) is 32.9. The first-order valence-corrected chi connectivity index (χ1v) is 36.1. The number of nitrogens with zero attached hydrogens (tertiary/aromatic N) is 2. The summed E-state index contributed by atoms with van der Waals surface area (Å²) in [5, 5.41) is 2.32. The highest BCUT2D eigenvalue weighted by atomic mass is 79.9. The molecule has 2 aliphatic heterocycles. The van der Waals surface area contributed by atoms with Crippen LogP contribution in [0.2, 0.25) is 0 Å². The summed E-state index contributed by atoms with van der Waals surface area (Å²) >= 11 is 11.1. The van der Waals surface area contributed by atoms with Crippen LogP contribution in [0.4, 0.5) is 0 Å². The third-order valence-corrected chi connectivity index (χ3v) is 20.5. The van der Waals surface area contributed by atoms with Gasteiger partial charge < -0.3 is 9.80 Å². The van der Waals surface area contributed by atoms with Crippen molar-refractivity contribution in [3.05, 3.63) is 78.4 Å². The minimum atomic E-state index is 0.0408. The maximum Gasteiger partial charge on any atom is 0.261 e. The van der Waals surface area contributed by atoms with E-state index in [1.807, 2.05) is 0 Å². The monoisotopic (exact) mass is 1230 g/mol. The van der Waals surface area contributed by atoms with E-state index in [2.05, 4.69) is 118 Å². The predicted molar refractivity (Wildman–Crippen MR) is 351 cm³/mol. The molecule has 0 bridgehead atoms. The molecule has 2 aromatic carbocycles. The van der Waals surface area contributed by atoms with Crippen molar-refractivity contribution in [2.75, 3.05) is 0 Å². The fourth-order valence-corrected chi connectivity index (χ4v) is 15.6. The van der Waals surface area contributed by atoms with Gasteiger partial charge in [0.15, 0.2) is 0 Å². The number of thiophene rings is 2. The molecule has 2 aliphatic rings. The predicted octanol–water partition coefficient (Wildman–Crippen LogP) is 24.6. The zero-order valence-electron chi connectivity index (χ0n) is 49.8. The van der Waals surface area contributed by atoms with Crippen LogP contribution in [0.3, 0.4) is 0 Å². The van der Waals surface area contributed by atoms with Crippen LogP contribution in [-0.4, -0.2) is 33.7 Å². The summed E-state index contributed by atoms with van der Waals surface area (Å²) in [5.74, 6) is 0.132. The van der Waals surface area contributed by atoms with Gasteiger partial charge in [-0.15, -0.1) is 22.7 Å². The van der Waals surface area contributed by atoms with Gasteiger partial charge in [-0.1, -0.05) is 304 Å². The van der Waals surface area contributed by atoms with Crippen LogP contribution in [0.1, 0.15) is 307 Å². The number of amides is 2. The largest absolute Gasteiger partial charge is 0.303 e. The van der Waals surface area contributed by atoms with Crippen LogP contribution in [0, 0.1) is 0 Å². The molecule has 0 saturated carbocycles. The second-order valence-corrected chi connectivity index (χ2v) is 27.9. The lowest BCUT2D eigenvalue weighted by atomic mass is 9.97. The number of hydrogen-bond donors (Lipinski definition) is 0. The van der Waals surface area contributed by atoms with E-state index in [0.717, 1.165) is 92.2 Å². The average Bonchev–Trinajstić information content (AvgIpc) is 4.37. The van der Waals surface area contributed by atoms with Gasteiger partial charge in [0.25, 0.3) is 11.8 Å². The van der Waals surface area contributed by atoms with Gasteiger partial charge >= 0.3 is 0 Å². The van der Waals surface area contributed by atoms with Gasteiger partial charge in [0.05, 0.1) is 32.3 Å². The Kier molecular flexibility index (Phi) is 31.4. The average molecular weight is 1230 g/mol. The molecule has 6 rings (SSSR count). The quantitative estimate of drug-likeness (QED) is 0.0414. The third-order valence-electron chi connectivity index (χ3n) is 17.3.